The summed E-state index contributed by atoms with van der Waals surface area (Å²) in [6.07, 6.45) is 0. The minimum Gasteiger partial charge on any atom is -0.496 e. The largest absolute Gasteiger partial charge is 0.496 e. The zero-order valence-corrected chi connectivity index (χ0v) is 15.1. The lowest BCUT2D eigenvalue weighted by Gasteiger charge is -2.12. The van der Waals surface area contributed by atoms with Gasteiger partial charge in [0.2, 0.25) is 5.82 Å². The number of anilines is 1. The Morgan fingerprint density at radius 3 is 2.75 bits per heavy atom. The molecule has 0 saturated heterocycles. The van der Waals surface area contributed by atoms with Crippen molar-refractivity contribution < 1.29 is 14.4 Å². The fourth-order valence-corrected chi connectivity index (χ4v) is 2.46. The fourth-order valence-electron chi connectivity index (χ4n) is 2.12. The molecule has 0 aliphatic rings. The average Bonchev–Trinajstić information content (AvgIpc) is 2.53. The second-order valence-electron chi connectivity index (χ2n) is 4.79. The Labute approximate surface area is 147 Å². The van der Waals surface area contributed by atoms with Crippen LogP contribution >= 0.6 is 15.9 Å². The summed E-state index contributed by atoms with van der Waals surface area (Å²) >= 11 is 3.37. The Hall–Kier alpha value is -2.42. The number of hydrogen-bond acceptors (Lipinski definition) is 7. The molecule has 0 saturated carbocycles. The lowest BCUT2D eigenvalue weighted by molar-refractivity contribution is -0.385. The van der Waals surface area contributed by atoms with E-state index < -0.39 is 4.92 Å². The van der Waals surface area contributed by atoms with Crippen molar-refractivity contribution in [2.24, 2.45) is 0 Å². The van der Waals surface area contributed by atoms with Crippen molar-refractivity contribution in [2.75, 3.05) is 19.0 Å². The second-order valence-corrected chi connectivity index (χ2v) is 5.70. The van der Waals surface area contributed by atoms with Gasteiger partial charge in [0.05, 0.1) is 18.6 Å². The van der Waals surface area contributed by atoms with E-state index in [1.165, 1.54) is 0 Å². The molecule has 8 nitrogen and oxygen atoms in total. The maximum Gasteiger partial charge on any atom is 0.332 e. The predicted molar refractivity (Wildman–Crippen MR) is 92.6 cm³/mol. The molecule has 1 aromatic heterocycles. The number of nitrogens with one attached hydrogen (secondary N) is 1. The van der Waals surface area contributed by atoms with Crippen LogP contribution in [0.4, 0.5) is 11.5 Å². The molecule has 1 heterocycles. The molecule has 2 aromatic rings. The van der Waals surface area contributed by atoms with Crippen LogP contribution in [0.1, 0.15) is 18.2 Å². The highest BCUT2D eigenvalue weighted by molar-refractivity contribution is 9.10. The van der Waals surface area contributed by atoms with E-state index in [-0.39, 0.29) is 23.2 Å². The highest BCUT2D eigenvalue weighted by Crippen LogP contribution is 2.29. The first kappa shape index (κ1) is 17.9. The second kappa shape index (κ2) is 7.91. The molecule has 0 bridgehead atoms. The van der Waals surface area contributed by atoms with Crippen LogP contribution in [0.3, 0.4) is 0 Å². The Morgan fingerprint density at radius 1 is 1.38 bits per heavy atom. The number of ether oxygens (including phenoxy) is 2. The number of methoxy groups -OCH3 is 1. The van der Waals surface area contributed by atoms with Crippen molar-refractivity contribution >= 4 is 27.4 Å². The third kappa shape index (κ3) is 4.10. The van der Waals surface area contributed by atoms with Crippen LogP contribution in [0.2, 0.25) is 0 Å². The van der Waals surface area contributed by atoms with Crippen LogP contribution < -0.4 is 14.8 Å². The van der Waals surface area contributed by atoms with Crippen molar-refractivity contribution in [3.8, 4) is 11.8 Å². The smallest absolute Gasteiger partial charge is 0.332 e. The highest BCUT2D eigenvalue weighted by Gasteiger charge is 2.22. The van der Waals surface area contributed by atoms with Crippen LogP contribution in [0, 0.1) is 17.0 Å². The molecule has 1 aromatic carbocycles. The molecule has 0 unspecified atom stereocenters. The van der Waals surface area contributed by atoms with E-state index in [0.717, 1.165) is 10.0 Å². The van der Waals surface area contributed by atoms with Gasteiger partial charge in [-0.25, -0.2) is 0 Å². The lowest BCUT2D eigenvalue weighted by atomic mass is 10.2. The summed E-state index contributed by atoms with van der Waals surface area (Å²) in [5.41, 5.74) is 0.905. The van der Waals surface area contributed by atoms with Gasteiger partial charge in [0, 0.05) is 16.6 Å². The van der Waals surface area contributed by atoms with Gasteiger partial charge >= 0.3 is 11.7 Å². The van der Waals surface area contributed by atoms with E-state index in [1.54, 1.807) is 21.0 Å². The number of rotatable bonds is 7. The van der Waals surface area contributed by atoms with E-state index in [1.807, 2.05) is 18.2 Å². The van der Waals surface area contributed by atoms with E-state index in [4.69, 9.17) is 9.47 Å². The topological polar surface area (TPSA) is 99.4 Å². The van der Waals surface area contributed by atoms with Gasteiger partial charge in [-0.15, -0.1) is 0 Å². The van der Waals surface area contributed by atoms with Gasteiger partial charge in [0.15, 0.2) is 0 Å². The maximum absolute atomic E-state index is 11.3. The number of aryl methyl sites for hydroxylation is 1. The normalized spacial score (nSPS) is 10.3. The highest BCUT2D eigenvalue weighted by atomic mass is 79.9. The molecule has 2 rings (SSSR count). The summed E-state index contributed by atoms with van der Waals surface area (Å²) in [7, 11) is 1.57. The lowest BCUT2D eigenvalue weighted by Crippen LogP contribution is -2.10. The van der Waals surface area contributed by atoms with E-state index >= 15 is 0 Å². The SMILES string of the molecule is CCOc1nc(C)c([N+](=O)[O-])c(NCc2ccc(Br)cc2OC)n1. The molecule has 0 fully saturated rings. The molecule has 0 aliphatic heterocycles. The van der Waals surface area contributed by atoms with Crippen molar-refractivity contribution in [2.45, 2.75) is 20.4 Å². The van der Waals surface area contributed by atoms with Gasteiger partial charge in [-0.05, 0) is 26.0 Å². The molecule has 0 radical (unpaired) electrons. The Kier molecular flexibility index (Phi) is 5.91. The molecule has 24 heavy (non-hydrogen) atoms. The maximum atomic E-state index is 11.3. The molecule has 9 heteroatoms. The third-order valence-electron chi connectivity index (χ3n) is 3.19. The van der Waals surface area contributed by atoms with Gasteiger partial charge in [-0.2, -0.15) is 9.97 Å². The van der Waals surface area contributed by atoms with Crippen LogP contribution in [0.25, 0.3) is 0 Å². The number of halogens is 1. The molecular weight excluding hydrogens is 380 g/mol. The van der Waals surface area contributed by atoms with Crippen molar-refractivity contribution in [3.63, 3.8) is 0 Å². The van der Waals surface area contributed by atoms with Gasteiger partial charge in [0.25, 0.3) is 0 Å². The number of aromatic nitrogens is 2. The summed E-state index contributed by atoms with van der Waals surface area (Å²) in [6.45, 7) is 4.02. The summed E-state index contributed by atoms with van der Waals surface area (Å²) in [6, 6.07) is 5.65. The molecule has 128 valence electrons. The van der Waals surface area contributed by atoms with Crippen LogP contribution in [-0.2, 0) is 6.54 Å². The summed E-state index contributed by atoms with van der Waals surface area (Å²) in [5.74, 6) is 0.774. The monoisotopic (exact) mass is 396 g/mol. The number of benzene rings is 1. The first-order valence-electron chi connectivity index (χ1n) is 7.18. The number of hydrogen-bond donors (Lipinski definition) is 1. The Morgan fingerprint density at radius 2 is 2.12 bits per heavy atom. The molecule has 0 spiro atoms. The minimum absolute atomic E-state index is 0.103. The quantitative estimate of drug-likeness (QED) is 0.564. The average molecular weight is 397 g/mol. The number of nitro groups is 1. The molecular formula is C15H17BrN4O4. The van der Waals surface area contributed by atoms with Crippen molar-refractivity contribution in [1.82, 2.24) is 9.97 Å². The van der Waals surface area contributed by atoms with Gasteiger partial charge < -0.3 is 14.8 Å². The van der Waals surface area contributed by atoms with E-state index in [9.17, 15) is 10.1 Å². The Bertz CT molecular complexity index is 754. The molecule has 1 N–H and O–H groups in total. The molecule has 0 atom stereocenters. The summed E-state index contributed by atoms with van der Waals surface area (Å²) in [4.78, 5) is 18.9. The van der Waals surface area contributed by atoms with Crippen molar-refractivity contribution in [1.29, 1.82) is 0 Å². The first-order valence-corrected chi connectivity index (χ1v) is 7.97. The van der Waals surface area contributed by atoms with Gasteiger partial charge in [-0.1, -0.05) is 22.0 Å². The van der Waals surface area contributed by atoms with Gasteiger partial charge in [-0.3, -0.25) is 10.1 Å². The standard InChI is InChI=1S/C15H17BrN4O4/c1-4-24-15-18-9(2)13(20(21)22)14(19-15)17-8-10-5-6-11(16)7-12(10)23-3/h5-7H,4,8H2,1-3H3,(H,17,18,19). The molecule has 0 aliphatic carbocycles. The third-order valence-corrected chi connectivity index (χ3v) is 3.68. The first-order chi connectivity index (χ1) is 11.5. The minimum atomic E-state index is -0.508. The zero-order valence-electron chi connectivity index (χ0n) is 13.5. The zero-order chi connectivity index (χ0) is 17.7. The predicted octanol–water partition coefficient (Wildman–Crippen LogP) is 3.48. The molecule has 0 amide bonds. The van der Waals surface area contributed by atoms with Crippen LogP contribution in [0.15, 0.2) is 22.7 Å². The van der Waals surface area contributed by atoms with E-state index in [2.05, 4.69) is 31.2 Å². The van der Waals surface area contributed by atoms with Crippen LogP contribution in [0.5, 0.6) is 11.8 Å². The fraction of sp³-hybridized carbons (Fsp3) is 0.333. The summed E-state index contributed by atoms with van der Waals surface area (Å²) < 4.78 is 11.5. The van der Waals surface area contributed by atoms with Crippen molar-refractivity contribution in [3.05, 3.63) is 44.0 Å². The van der Waals surface area contributed by atoms with E-state index in [0.29, 0.717) is 18.9 Å². The number of nitrogens with zero attached hydrogens (tertiary/aromatic N) is 3. The Balaban J connectivity index is 2.33. The summed E-state index contributed by atoms with van der Waals surface area (Å²) in [5, 5.41) is 14.3. The van der Waals surface area contributed by atoms with Gasteiger partial charge in [0.1, 0.15) is 11.4 Å². The van der Waals surface area contributed by atoms with Crippen LogP contribution in [-0.4, -0.2) is 28.6 Å².